The lowest BCUT2D eigenvalue weighted by Gasteiger charge is -2.03. The number of rotatable bonds is 7. The van der Waals surface area contributed by atoms with Gasteiger partial charge in [-0.05, 0) is 30.6 Å². The summed E-state index contributed by atoms with van der Waals surface area (Å²) in [7, 11) is 0. The van der Waals surface area contributed by atoms with Crippen LogP contribution < -0.4 is 11.1 Å². The molecule has 15 heavy (non-hydrogen) atoms. The first kappa shape index (κ1) is 12.6. The van der Waals surface area contributed by atoms with E-state index in [1.54, 1.807) is 0 Å². The highest BCUT2D eigenvalue weighted by Crippen LogP contribution is 2.24. The molecule has 6 heteroatoms. The van der Waals surface area contributed by atoms with Gasteiger partial charge in [0.1, 0.15) is 10.8 Å². The zero-order chi connectivity index (χ0) is 11.1. The van der Waals surface area contributed by atoms with Crippen LogP contribution in [-0.4, -0.2) is 34.1 Å². The molecule has 1 rings (SSSR count). The van der Waals surface area contributed by atoms with Crippen LogP contribution in [0.2, 0.25) is 0 Å². The van der Waals surface area contributed by atoms with E-state index in [0.717, 1.165) is 35.0 Å². The van der Waals surface area contributed by atoms with Crippen LogP contribution >= 0.6 is 23.3 Å². The van der Waals surface area contributed by atoms with Gasteiger partial charge in [0.05, 0.1) is 0 Å². The third-order valence-corrected chi connectivity index (χ3v) is 3.93. The number of nitrogens with one attached hydrogen (secondary N) is 1. The van der Waals surface area contributed by atoms with Gasteiger partial charge < -0.3 is 16.2 Å². The van der Waals surface area contributed by atoms with E-state index in [9.17, 15) is 0 Å². The van der Waals surface area contributed by atoms with Crippen molar-refractivity contribution >= 4 is 34.1 Å². The van der Waals surface area contributed by atoms with Crippen molar-refractivity contribution in [3.05, 3.63) is 5.56 Å². The van der Waals surface area contributed by atoms with E-state index >= 15 is 0 Å². The van der Waals surface area contributed by atoms with Gasteiger partial charge in [-0.2, -0.15) is 16.1 Å². The predicted octanol–water partition coefficient (Wildman–Crippen LogP) is 1.56. The Morgan fingerprint density at radius 3 is 2.93 bits per heavy atom. The number of nitrogen functional groups attached to an aromatic ring is 1. The average molecular weight is 247 g/mol. The molecule has 0 saturated carbocycles. The van der Waals surface area contributed by atoms with Gasteiger partial charge in [-0.15, -0.1) is 0 Å². The fourth-order valence-electron chi connectivity index (χ4n) is 1.02. The predicted molar refractivity (Wildman–Crippen MR) is 68.8 cm³/mol. The van der Waals surface area contributed by atoms with E-state index in [1.165, 1.54) is 11.5 Å². The second-order valence-corrected chi connectivity index (χ2v) is 5.14. The third-order valence-electron chi connectivity index (χ3n) is 1.94. The van der Waals surface area contributed by atoms with Crippen molar-refractivity contribution in [3.63, 3.8) is 0 Å². The second-order valence-electron chi connectivity index (χ2n) is 3.14. The minimum Gasteiger partial charge on any atom is -0.396 e. The highest BCUT2D eigenvalue weighted by molar-refractivity contribution is 7.99. The second kappa shape index (κ2) is 6.92. The Kier molecular flexibility index (Phi) is 5.82. The molecule has 0 saturated heterocycles. The molecule has 0 unspecified atom stereocenters. The Balaban J connectivity index is 2.12. The van der Waals surface area contributed by atoms with E-state index in [0.29, 0.717) is 5.82 Å². The first-order chi connectivity index (χ1) is 7.25. The Bertz CT molecular complexity index is 291. The molecule has 1 aromatic rings. The smallest absolute Gasteiger partial charge is 0.142 e. The van der Waals surface area contributed by atoms with Crippen LogP contribution in [0.3, 0.4) is 0 Å². The van der Waals surface area contributed by atoms with Gasteiger partial charge in [0.15, 0.2) is 0 Å². The molecule has 0 fully saturated rings. The molecule has 0 aliphatic rings. The van der Waals surface area contributed by atoms with Gasteiger partial charge >= 0.3 is 0 Å². The Hall–Kier alpha value is -0.460. The van der Waals surface area contributed by atoms with Crippen molar-refractivity contribution in [1.29, 1.82) is 0 Å². The maximum atomic E-state index is 8.59. The summed E-state index contributed by atoms with van der Waals surface area (Å²) in [6.07, 6.45) is 0.872. The summed E-state index contributed by atoms with van der Waals surface area (Å²) in [6.45, 7) is 3.17. The number of anilines is 2. The van der Waals surface area contributed by atoms with Crippen molar-refractivity contribution in [2.75, 3.05) is 35.7 Å². The monoisotopic (exact) mass is 247 g/mol. The summed E-state index contributed by atoms with van der Waals surface area (Å²) in [4.78, 5) is 0. The third kappa shape index (κ3) is 4.27. The molecule has 0 spiro atoms. The van der Waals surface area contributed by atoms with Crippen LogP contribution in [0.4, 0.5) is 10.8 Å². The summed E-state index contributed by atoms with van der Waals surface area (Å²) < 4.78 is 4.06. The number of nitrogens with zero attached hydrogens (tertiary/aromatic N) is 1. The van der Waals surface area contributed by atoms with Gasteiger partial charge in [-0.1, -0.05) is 0 Å². The zero-order valence-electron chi connectivity index (χ0n) is 8.82. The maximum absolute atomic E-state index is 8.59. The van der Waals surface area contributed by atoms with Crippen LogP contribution in [0.1, 0.15) is 12.0 Å². The fourth-order valence-corrected chi connectivity index (χ4v) is 2.54. The van der Waals surface area contributed by atoms with Crippen molar-refractivity contribution in [3.8, 4) is 0 Å². The first-order valence-electron chi connectivity index (χ1n) is 4.90. The molecule has 4 N–H and O–H groups in total. The van der Waals surface area contributed by atoms with Crippen molar-refractivity contribution in [2.24, 2.45) is 0 Å². The number of hydrogen-bond donors (Lipinski definition) is 3. The molecule has 0 aliphatic carbocycles. The van der Waals surface area contributed by atoms with Crippen LogP contribution in [-0.2, 0) is 0 Å². The molecule has 86 valence electrons. The lowest BCUT2D eigenvalue weighted by atomic mass is 10.3. The lowest BCUT2D eigenvalue weighted by Crippen LogP contribution is -2.04. The zero-order valence-corrected chi connectivity index (χ0v) is 10.5. The SMILES string of the molecule is Cc1c(N)nsc1NCCSCCCO. The Morgan fingerprint density at radius 1 is 1.53 bits per heavy atom. The van der Waals surface area contributed by atoms with E-state index in [1.807, 2.05) is 18.7 Å². The van der Waals surface area contributed by atoms with Crippen molar-refractivity contribution in [2.45, 2.75) is 13.3 Å². The normalized spacial score (nSPS) is 10.5. The number of aliphatic hydroxyl groups excluding tert-OH is 1. The standard InChI is InChI=1S/C9H17N3OS2/c1-7-8(10)12-15-9(7)11-3-6-14-5-2-4-13/h11,13H,2-6H2,1H3,(H2,10,12). The molecule has 1 heterocycles. The highest BCUT2D eigenvalue weighted by Gasteiger charge is 2.04. The molecular weight excluding hydrogens is 230 g/mol. The molecule has 1 aromatic heterocycles. The van der Waals surface area contributed by atoms with Crippen molar-refractivity contribution < 1.29 is 5.11 Å². The topological polar surface area (TPSA) is 71.2 Å². The van der Waals surface area contributed by atoms with Gasteiger partial charge in [0.2, 0.25) is 0 Å². The van der Waals surface area contributed by atoms with Crippen LogP contribution in [0.25, 0.3) is 0 Å². The number of aromatic nitrogens is 1. The minimum absolute atomic E-state index is 0.283. The summed E-state index contributed by atoms with van der Waals surface area (Å²) >= 11 is 3.25. The number of aliphatic hydroxyl groups is 1. The molecular formula is C9H17N3OS2. The Morgan fingerprint density at radius 2 is 2.33 bits per heavy atom. The van der Waals surface area contributed by atoms with E-state index in [4.69, 9.17) is 10.8 Å². The quantitative estimate of drug-likeness (QED) is 0.638. The van der Waals surface area contributed by atoms with Crippen LogP contribution in [0.15, 0.2) is 0 Å². The largest absolute Gasteiger partial charge is 0.396 e. The maximum Gasteiger partial charge on any atom is 0.142 e. The Labute approximate surface area is 98.4 Å². The molecule has 0 atom stereocenters. The van der Waals surface area contributed by atoms with E-state index < -0.39 is 0 Å². The number of thioether (sulfide) groups is 1. The number of nitrogens with two attached hydrogens (primary N) is 1. The number of hydrogen-bond acceptors (Lipinski definition) is 6. The van der Waals surface area contributed by atoms with Gasteiger partial charge in [0.25, 0.3) is 0 Å². The fraction of sp³-hybridized carbons (Fsp3) is 0.667. The summed E-state index contributed by atoms with van der Waals surface area (Å²) in [6, 6.07) is 0. The molecule has 4 nitrogen and oxygen atoms in total. The van der Waals surface area contributed by atoms with Gasteiger partial charge in [-0.25, -0.2) is 0 Å². The lowest BCUT2D eigenvalue weighted by molar-refractivity contribution is 0.296. The molecule has 0 radical (unpaired) electrons. The van der Waals surface area contributed by atoms with Gasteiger partial charge in [-0.3, -0.25) is 0 Å². The summed E-state index contributed by atoms with van der Waals surface area (Å²) in [5.74, 6) is 2.68. The minimum atomic E-state index is 0.283. The van der Waals surface area contributed by atoms with Crippen LogP contribution in [0, 0.1) is 6.92 Å². The van der Waals surface area contributed by atoms with Crippen molar-refractivity contribution in [1.82, 2.24) is 4.37 Å². The average Bonchev–Trinajstić information content (AvgIpc) is 2.54. The summed E-state index contributed by atoms with van der Waals surface area (Å²) in [5, 5.41) is 13.0. The van der Waals surface area contributed by atoms with Crippen LogP contribution in [0.5, 0.6) is 0 Å². The van der Waals surface area contributed by atoms with Gasteiger partial charge in [0, 0.05) is 24.5 Å². The highest BCUT2D eigenvalue weighted by atomic mass is 32.2. The molecule has 0 aromatic carbocycles. The molecule has 0 amide bonds. The summed E-state index contributed by atoms with van der Waals surface area (Å²) in [5.41, 5.74) is 6.68. The first-order valence-corrected chi connectivity index (χ1v) is 6.82. The van der Waals surface area contributed by atoms with E-state index in [2.05, 4.69) is 9.69 Å². The molecule has 0 aliphatic heterocycles. The molecule has 0 bridgehead atoms. The van der Waals surface area contributed by atoms with E-state index in [-0.39, 0.29) is 6.61 Å².